The highest BCUT2D eigenvalue weighted by atomic mass is 19.4. The monoisotopic (exact) mass is 427 g/mol. The summed E-state index contributed by atoms with van der Waals surface area (Å²) in [5.74, 6) is -0.357. The molecule has 2 aromatic carbocycles. The second-order valence-corrected chi connectivity index (χ2v) is 6.78. The minimum Gasteiger partial charge on any atom is -0.493 e. The zero-order valence-electron chi connectivity index (χ0n) is 15.9. The Morgan fingerprint density at radius 1 is 1.10 bits per heavy atom. The summed E-state index contributed by atoms with van der Waals surface area (Å²) < 4.78 is 42.3. The van der Waals surface area contributed by atoms with Gasteiger partial charge in [0.15, 0.2) is 0 Å². The first-order chi connectivity index (χ1) is 14.8. The minimum absolute atomic E-state index is 0.0476. The molecule has 0 bridgehead atoms. The maximum atomic E-state index is 12.3. The lowest BCUT2D eigenvalue weighted by atomic mass is 10.1. The van der Waals surface area contributed by atoms with Crippen LogP contribution >= 0.6 is 0 Å². The lowest BCUT2D eigenvalue weighted by Crippen LogP contribution is -2.17. The van der Waals surface area contributed by atoms with Gasteiger partial charge in [0, 0.05) is 29.0 Å². The Hall–Kier alpha value is -4.01. The molecular weight excluding hydrogens is 411 g/mol. The van der Waals surface area contributed by atoms with Gasteiger partial charge >= 0.3 is 6.36 Å². The highest BCUT2D eigenvalue weighted by molar-refractivity contribution is 5.88. The maximum Gasteiger partial charge on any atom is 0.573 e. The Morgan fingerprint density at radius 3 is 2.58 bits per heavy atom. The van der Waals surface area contributed by atoms with Gasteiger partial charge in [0.2, 0.25) is 12.3 Å². The molecule has 0 aliphatic rings. The molecule has 6 nitrogen and oxygen atoms in total. The Bertz CT molecular complexity index is 1230. The number of anilines is 1. The Morgan fingerprint density at radius 2 is 1.87 bits per heavy atom. The van der Waals surface area contributed by atoms with Gasteiger partial charge in [-0.3, -0.25) is 4.79 Å². The number of amides is 1. The molecule has 4 rings (SSSR count). The van der Waals surface area contributed by atoms with Gasteiger partial charge < -0.3 is 19.7 Å². The van der Waals surface area contributed by atoms with Crippen LogP contribution in [-0.2, 0) is 11.3 Å². The molecule has 2 aromatic heterocycles. The molecule has 0 atom stereocenters. The van der Waals surface area contributed by atoms with E-state index in [1.54, 1.807) is 35.2 Å². The molecule has 0 spiro atoms. The van der Waals surface area contributed by atoms with Crippen molar-refractivity contribution < 1.29 is 27.8 Å². The van der Waals surface area contributed by atoms with Crippen LogP contribution in [0.25, 0.3) is 22.0 Å². The summed E-state index contributed by atoms with van der Waals surface area (Å²) in [6, 6.07) is 14.5. The zero-order chi connectivity index (χ0) is 22.0. The average molecular weight is 427 g/mol. The van der Waals surface area contributed by atoms with Gasteiger partial charge in [0.1, 0.15) is 11.3 Å². The summed E-state index contributed by atoms with van der Waals surface area (Å²) in [7, 11) is 0. The second kappa shape index (κ2) is 8.02. The number of hydrogen-bond donors (Lipinski definition) is 2. The first-order valence-electron chi connectivity index (χ1n) is 9.15. The van der Waals surface area contributed by atoms with Crippen LogP contribution in [-0.4, -0.2) is 27.4 Å². The molecule has 0 saturated heterocycles. The fourth-order valence-electron chi connectivity index (χ4n) is 3.26. The number of aromatic nitrogens is 2. The van der Waals surface area contributed by atoms with E-state index in [9.17, 15) is 23.1 Å². The molecule has 2 N–H and O–H groups in total. The van der Waals surface area contributed by atoms with E-state index in [2.05, 4.69) is 15.0 Å². The largest absolute Gasteiger partial charge is 0.573 e. The predicted molar refractivity (Wildman–Crippen MR) is 109 cm³/mol. The van der Waals surface area contributed by atoms with Gasteiger partial charge in [-0.15, -0.1) is 13.2 Å². The minimum atomic E-state index is -4.75. The number of hydrogen-bond acceptors (Lipinski definition) is 4. The van der Waals surface area contributed by atoms with Crippen LogP contribution in [0.5, 0.6) is 11.6 Å². The summed E-state index contributed by atoms with van der Waals surface area (Å²) in [6.45, 7) is 0.239. The van der Waals surface area contributed by atoms with E-state index in [0.717, 1.165) is 11.1 Å². The smallest absolute Gasteiger partial charge is 0.493 e. The third-order valence-electron chi connectivity index (χ3n) is 4.63. The Kier molecular flexibility index (Phi) is 5.24. The molecule has 9 heteroatoms. The number of pyridine rings is 1. The van der Waals surface area contributed by atoms with E-state index in [1.165, 1.54) is 24.3 Å². The van der Waals surface area contributed by atoms with Gasteiger partial charge in [-0.05, 0) is 41.5 Å². The molecular formula is C22H16F3N3O3. The predicted octanol–water partition coefficient (Wildman–Crippen LogP) is 4.92. The number of carbonyl (C=O) groups excluding carboxylic acids is 1. The van der Waals surface area contributed by atoms with E-state index in [1.807, 2.05) is 12.1 Å². The van der Waals surface area contributed by atoms with Crippen LogP contribution in [0.2, 0.25) is 0 Å². The third kappa shape index (κ3) is 4.61. The summed E-state index contributed by atoms with van der Waals surface area (Å²) in [5.41, 5.74) is 3.37. The van der Waals surface area contributed by atoms with Gasteiger partial charge in [0.05, 0.1) is 6.54 Å². The standard InChI is InChI=1S/C22H16F3N3O3/c23-22(24,25)31-19-6-4-14(5-7-19)11-28-12-17-8-16(10-26-20(17)21(28)30)15-2-1-3-18(9-15)27-13-29/h1-10,12-13,30H,11H2,(H,27,29). The van der Waals surface area contributed by atoms with Crippen molar-refractivity contribution in [1.29, 1.82) is 0 Å². The number of nitrogens with one attached hydrogen (secondary N) is 1. The fourth-order valence-corrected chi connectivity index (χ4v) is 3.26. The van der Waals surface area contributed by atoms with Crippen LogP contribution in [0.3, 0.4) is 0 Å². The molecule has 1 amide bonds. The average Bonchev–Trinajstić information content (AvgIpc) is 3.04. The Balaban J connectivity index is 1.59. The van der Waals surface area contributed by atoms with Crippen molar-refractivity contribution in [3.05, 3.63) is 72.6 Å². The molecule has 4 aromatic rings. The van der Waals surface area contributed by atoms with Crippen molar-refractivity contribution >= 4 is 23.0 Å². The normalized spacial score (nSPS) is 11.5. The summed E-state index contributed by atoms with van der Waals surface area (Å²) in [5, 5.41) is 13.8. The molecule has 0 radical (unpaired) electrons. The van der Waals surface area contributed by atoms with Gasteiger partial charge in [0.25, 0.3) is 0 Å². The summed E-state index contributed by atoms with van der Waals surface area (Å²) in [6.07, 6.45) is -0.810. The van der Waals surface area contributed by atoms with E-state index in [4.69, 9.17) is 0 Å². The third-order valence-corrected chi connectivity index (χ3v) is 4.63. The highest BCUT2D eigenvalue weighted by Gasteiger charge is 2.30. The molecule has 0 aliphatic carbocycles. The topological polar surface area (TPSA) is 76.4 Å². The van der Waals surface area contributed by atoms with Gasteiger partial charge in [-0.1, -0.05) is 24.3 Å². The summed E-state index contributed by atoms with van der Waals surface area (Å²) >= 11 is 0. The van der Waals surface area contributed by atoms with Crippen LogP contribution in [0.15, 0.2) is 67.0 Å². The first-order valence-corrected chi connectivity index (χ1v) is 9.15. The van der Waals surface area contributed by atoms with Crippen LogP contribution in [0.1, 0.15) is 5.56 Å². The quantitative estimate of drug-likeness (QED) is 0.428. The molecule has 0 aliphatic heterocycles. The number of ether oxygens (including phenoxy) is 1. The van der Waals surface area contributed by atoms with E-state index in [-0.39, 0.29) is 18.2 Å². The number of benzene rings is 2. The molecule has 2 heterocycles. The molecule has 31 heavy (non-hydrogen) atoms. The highest BCUT2D eigenvalue weighted by Crippen LogP contribution is 2.31. The first kappa shape index (κ1) is 20.3. The number of fused-ring (bicyclic) bond motifs is 1. The Labute approximate surface area is 174 Å². The van der Waals surface area contributed by atoms with Crippen molar-refractivity contribution in [3.63, 3.8) is 0 Å². The molecule has 0 unspecified atom stereocenters. The van der Waals surface area contributed by atoms with E-state index in [0.29, 0.717) is 28.6 Å². The van der Waals surface area contributed by atoms with Crippen molar-refractivity contribution in [2.24, 2.45) is 0 Å². The second-order valence-electron chi connectivity index (χ2n) is 6.78. The number of rotatable bonds is 6. The number of aromatic hydroxyl groups is 1. The number of alkyl halides is 3. The fraction of sp³-hybridized carbons (Fsp3) is 0.0909. The van der Waals surface area contributed by atoms with Crippen molar-refractivity contribution in [1.82, 2.24) is 9.55 Å². The maximum absolute atomic E-state index is 12.3. The van der Waals surface area contributed by atoms with Crippen molar-refractivity contribution in [2.75, 3.05) is 5.32 Å². The van der Waals surface area contributed by atoms with Gasteiger partial charge in [-0.2, -0.15) is 0 Å². The molecule has 0 fully saturated rings. The molecule has 0 saturated carbocycles. The SMILES string of the molecule is O=CNc1cccc(-c2cnc3c(O)n(Cc4ccc(OC(F)(F)F)cc4)cc3c2)c1. The van der Waals surface area contributed by atoms with Crippen LogP contribution in [0.4, 0.5) is 18.9 Å². The lowest BCUT2D eigenvalue weighted by Gasteiger charge is -2.10. The molecule has 158 valence electrons. The van der Waals surface area contributed by atoms with Gasteiger partial charge in [-0.25, -0.2) is 4.98 Å². The lowest BCUT2D eigenvalue weighted by molar-refractivity contribution is -0.274. The van der Waals surface area contributed by atoms with Crippen LogP contribution in [0, 0.1) is 0 Å². The summed E-state index contributed by atoms with van der Waals surface area (Å²) in [4.78, 5) is 15.0. The number of nitrogens with zero attached hydrogens (tertiary/aromatic N) is 2. The number of halogens is 3. The zero-order valence-corrected chi connectivity index (χ0v) is 15.9. The van der Waals surface area contributed by atoms with E-state index < -0.39 is 6.36 Å². The van der Waals surface area contributed by atoms with Crippen LogP contribution < -0.4 is 10.1 Å². The van der Waals surface area contributed by atoms with Crippen molar-refractivity contribution in [2.45, 2.75) is 12.9 Å². The number of carbonyl (C=O) groups is 1. The van der Waals surface area contributed by atoms with E-state index >= 15 is 0 Å². The van der Waals surface area contributed by atoms with Crippen molar-refractivity contribution in [3.8, 4) is 22.8 Å².